The molecular formula is C8H13NOS2. The molecule has 0 bridgehead atoms. The summed E-state index contributed by atoms with van der Waals surface area (Å²) in [6, 6.07) is 3.86. The van der Waals surface area contributed by atoms with E-state index < -0.39 is 10.8 Å². The van der Waals surface area contributed by atoms with Crippen LogP contribution in [0, 0.1) is 0 Å². The third-order valence-electron chi connectivity index (χ3n) is 1.43. The van der Waals surface area contributed by atoms with Crippen LogP contribution in [0.25, 0.3) is 0 Å². The first-order valence-corrected chi connectivity index (χ1v) is 6.17. The number of hydrogen-bond donors (Lipinski definition) is 1. The Kier molecular flexibility index (Phi) is 4.50. The Labute approximate surface area is 79.5 Å². The molecule has 1 atom stereocenters. The van der Waals surface area contributed by atoms with E-state index >= 15 is 0 Å². The summed E-state index contributed by atoms with van der Waals surface area (Å²) in [5, 5.41) is 5.11. The molecule has 0 spiro atoms. The molecule has 1 N–H and O–H groups in total. The maximum Gasteiger partial charge on any atom is 0.0911 e. The Morgan fingerprint density at radius 3 is 3.08 bits per heavy atom. The molecule has 0 fully saturated rings. The number of nitrogens with one attached hydrogen (secondary N) is 1. The highest BCUT2D eigenvalue weighted by Gasteiger charge is 2.02. The molecule has 1 heterocycles. The van der Waals surface area contributed by atoms with Crippen molar-refractivity contribution in [3.63, 3.8) is 0 Å². The van der Waals surface area contributed by atoms with Gasteiger partial charge >= 0.3 is 0 Å². The highest BCUT2D eigenvalue weighted by atomic mass is 32.2. The van der Waals surface area contributed by atoms with E-state index in [1.54, 1.807) is 11.3 Å². The highest BCUT2D eigenvalue weighted by molar-refractivity contribution is 7.87. The third-order valence-corrected chi connectivity index (χ3v) is 4.10. The number of rotatable bonds is 5. The lowest BCUT2D eigenvalue weighted by atomic mass is 10.7. The van der Waals surface area contributed by atoms with Gasteiger partial charge in [-0.05, 0) is 18.0 Å². The minimum atomic E-state index is -0.798. The van der Waals surface area contributed by atoms with E-state index in [4.69, 9.17) is 0 Å². The smallest absolute Gasteiger partial charge is 0.0911 e. The molecule has 0 saturated heterocycles. The average molecular weight is 203 g/mol. The molecule has 0 aliphatic rings. The zero-order valence-electron chi connectivity index (χ0n) is 7.08. The SMILES string of the molecule is CCNCCS(=O)c1cccs1. The van der Waals surface area contributed by atoms with Gasteiger partial charge < -0.3 is 5.32 Å². The molecule has 0 aromatic carbocycles. The third kappa shape index (κ3) is 3.05. The first-order chi connectivity index (χ1) is 5.84. The summed E-state index contributed by atoms with van der Waals surface area (Å²) in [5.41, 5.74) is 0. The fraction of sp³-hybridized carbons (Fsp3) is 0.500. The van der Waals surface area contributed by atoms with Crippen LogP contribution < -0.4 is 5.32 Å². The summed E-state index contributed by atoms with van der Waals surface area (Å²) < 4.78 is 12.4. The molecule has 1 rings (SSSR count). The van der Waals surface area contributed by atoms with Gasteiger partial charge in [0.05, 0.1) is 15.0 Å². The van der Waals surface area contributed by atoms with Crippen LogP contribution in [0.15, 0.2) is 21.7 Å². The van der Waals surface area contributed by atoms with Crippen molar-refractivity contribution in [1.82, 2.24) is 5.32 Å². The number of thiophene rings is 1. The number of hydrogen-bond acceptors (Lipinski definition) is 3. The zero-order chi connectivity index (χ0) is 8.81. The van der Waals surface area contributed by atoms with E-state index in [-0.39, 0.29) is 0 Å². The Morgan fingerprint density at radius 1 is 1.67 bits per heavy atom. The highest BCUT2D eigenvalue weighted by Crippen LogP contribution is 2.13. The van der Waals surface area contributed by atoms with Crippen LogP contribution in [-0.2, 0) is 10.8 Å². The van der Waals surface area contributed by atoms with Gasteiger partial charge in [0.2, 0.25) is 0 Å². The largest absolute Gasteiger partial charge is 0.316 e. The fourth-order valence-corrected chi connectivity index (χ4v) is 2.89. The van der Waals surface area contributed by atoms with E-state index in [2.05, 4.69) is 5.32 Å². The molecule has 0 amide bonds. The molecule has 2 nitrogen and oxygen atoms in total. The van der Waals surface area contributed by atoms with Gasteiger partial charge in [-0.15, -0.1) is 11.3 Å². The van der Waals surface area contributed by atoms with Crippen molar-refractivity contribution < 1.29 is 4.21 Å². The lowest BCUT2D eigenvalue weighted by Gasteiger charge is -1.99. The van der Waals surface area contributed by atoms with Crippen molar-refractivity contribution in [2.24, 2.45) is 0 Å². The minimum Gasteiger partial charge on any atom is -0.316 e. The molecule has 0 radical (unpaired) electrons. The minimum absolute atomic E-state index is 0.717. The van der Waals surface area contributed by atoms with E-state index in [1.807, 2.05) is 24.4 Å². The molecule has 1 aromatic rings. The Balaban J connectivity index is 2.30. The van der Waals surface area contributed by atoms with Gasteiger partial charge in [0.25, 0.3) is 0 Å². The van der Waals surface area contributed by atoms with Crippen LogP contribution in [0.3, 0.4) is 0 Å². The first kappa shape index (κ1) is 9.89. The standard InChI is InChI=1S/C8H13NOS2/c1-2-9-5-7-12(10)8-4-3-6-11-8/h3-4,6,9H,2,5,7H2,1H3. The summed E-state index contributed by atoms with van der Waals surface area (Å²) in [5.74, 6) is 0.717. The van der Waals surface area contributed by atoms with Gasteiger partial charge in [0, 0.05) is 12.3 Å². The van der Waals surface area contributed by atoms with Crippen molar-refractivity contribution in [2.45, 2.75) is 11.1 Å². The van der Waals surface area contributed by atoms with Crippen LogP contribution in [0.1, 0.15) is 6.92 Å². The maximum absolute atomic E-state index is 11.5. The normalized spacial score (nSPS) is 13.1. The van der Waals surface area contributed by atoms with Gasteiger partial charge in [0.1, 0.15) is 0 Å². The predicted molar refractivity (Wildman–Crippen MR) is 54.1 cm³/mol. The van der Waals surface area contributed by atoms with Crippen LogP contribution >= 0.6 is 11.3 Å². The van der Waals surface area contributed by atoms with Crippen LogP contribution in [0.2, 0.25) is 0 Å². The van der Waals surface area contributed by atoms with Crippen LogP contribution in [0.5, 0.6) is 0 Å². The van der Waals surface area contributed by atoms with Crippen molar-refractivity contribution in [1.29, 1.82) is 0 Å². The van der Waals surface area contributed by atoms with Gasteiger partial charge in [-0.25, -0.2) is 0 Å². The molecule has 68 valence electrons. The van der Waals surface area contributed by atoms with E-state index in [0.29, 0.717) is 5.75 Å². The fourth-order valence-electron chi connectivity index (χ4n) is 0.835. The molecular weight excluding hydrogens is 190 g/mol. The topological polar surface area (TPSA) is 29.1 Å². The molecule has 12 heavy (non-hydrogen) atoms. The zero-order valence-corrected chi connectivity index (χ0v) is 8.71. The van der Waals surface area contributed by atoms with Crippen LogP contribution in [-0.4, -0.2) is 23.1 Å². The Morgan fingerprint density at radius 2 is 2.50 bits per heavy atom. The van der Waals surface area contributed by atoms with Gasteiger partial charge in [-0.1, -0.05) is 13.0 Å². The van der Waals surface area contributed by atoms with E-state index in [0.717, 1.165) is 17.3 Å². The second-order valence-corrected chi connectivity index (χ2v) is 5.08. The molecule has 0 aliphatic heterocycles. The summed E-state index contributed by atoms with van der Waals surface area (Å²) in [6.07, 6.45) is 0. The summed E-state index contributed by atoms with van der Waals surface area (Å²) in [7, 11) is -0.798. The lowest BCUT2D eigenvalue weighted by molar-refractivity contribution is 0.678. The molecule has 0 saturated carbocycles. The Hall–Kier alpha value is -0.190. The lowest BCUT2D eigenvalue weighted by Crippen LogP contribution is -2.19. The second kappa shape index (κ2) is 5.45. The van der Waals surface area contributed by atoms with Crippen molar-refractivity contribution in [3.8, 4) is 0 Å². The van der Waals surface area contributed by atoms with Crippen LogP contribution in [0.4, 0.5) is 0 Å². The summed E-state index contributed by atoms with van der Waals surface area (Å²) in [6.45, 7) is 3.83. The summed E-state index contributed by atoms with van der Waals surface area (Å²) in [4.78, 5) is 0. The monoisotopic (exact) mass is 203 g/mol. The van der Waals surface area contributed by atoms with Gasteiger partial charge in [0.15, 0.2) is 0 Å². The van der Waals surface area contributed by atoms with E-state index in [9.17, 15) is 4.21 Å². The summed E-state index contributed by atoms with van der Waals surface area (Å²) >= 11 is 1.56. The van der Waals surface area contributed by atoms with Gasteiger partial charge in [-0.2, -0.15) is 0 Å². The maximum atomic E-state index is 11.5. The second-order valence-electron chi connectivity index (χ2n) is 2.34. The van der Waals surface area contributed by atoms with Gasteiger partial charge in [-0.3, -0.25) is 4.21 Å². The molecule has 1 unspecified atom stereocenters. The Bertz CT molecular complexity index is 233. The first-order valence-electron chi connectivity index (χ1n) is 3.97. The van der Waals surface area contributed by atoms with E-state index in [1.165, 1.54) is 0 Å². The predicted octanol–water partition coefficient (Wildman–Crippen LogP) is 1.47. The van der Waals surface area contributed by atoms with Crippen molar-refractivity contribution >= 4 is 22.1 Å². The molecule has 0 aliphatic carbocycles. The quantitative estimate of drug-likeness (QED) is 0.734. The van der Waals surface area contributed by atoms with Crippen molar-refractivity contribution in [2.75, 3.05) is 18.8 Å². The average Bonchev–Trinajstić information content (AvgIpc) is 2.56. The molecule has 1 aromatic heterocycles. The van der Waals surface area contributed by atoms with Crippen molar-refractivity contribution in [3.05, 3.63) is 17.5 Å². The molecule has 4 heteroatoms.